The molecule has 2 heterocycles. The summed E-state index contributed by atoms with van der Waals surface area (Å²) in [5.41, 5.74) is 7.56. The minimum absolute atomic E-state index is 0.394. The minimum atomic E-state index is -0.394. The number of likely N-dealkylation sites (tertiary alicyclic amines) is 1. The lowest BCUT2D eigenvalue weighted by atomic mass is 10.1. The summed E-state index contributed by atoms with van der Waals surface area (Å²) in [4.78, 5) is 17.9. The average molecular weight is 335 g/mol. The highest BCUT2D eigenvalue weighted by molar-refractivity contribution is 5.92. The number of nitrogens with one attached hydrogen (secondary N) is 1. The number of carbonyl (C=O) groups excluding carboxylic acids is 1. The van der Waals surface area contributed by atoms with Crippen molar-refractivity contribution >= 4 is 11.7 Å². The van der Waals surface area contributed by atoms with Gasteiger partial charge in [-0.1, -0.05) is 12.1 Å². The molecule has 25 heavy (non-hydrogen) atoms. The van der Waals surface area contributed by atoms with Crippen molar-refractivity contribution in [3.05, 3.63) is 59.3 Å². The van der Waals surface area contributed by atoms with E-state index in [1.807, 2.05) is 18.2 Å². The van der Waals surface area contributed by atoms with Crippen LogP contribution in [0, 0.1) is 17.2 Å². The van der Waals surface area contributed by atoms with Crippen molar-refractivity contribution in [2.24, 2.45) is 11.7 Å². The molecule has 0 radical (unpaired) electrons. The van der Waals surface area contributed by atoms with Crippen LogP contribution in [0.1, 0.15) is 27.9 Å². The zero-order valence-corrected chi connectivity index (χ0v) is 14.0. The Balaban J connectivity index is 1.53. The number of carbonyl (C=O) groups is 1. The Morgan fingerprint density at radius 2 is 2.28 bits per heavy atom. The molecule has 6 nitrogen and oxygen atoms in total. The van der Waals surface area contributed by atoms with Gasteiger partial charge in [-0.25, -0.2) is 4.98 Å². The first-order chi connectivity index (χ1) is 12.2. The van der Waals surface area contributed by atoms with Crippen LogP contribution in [0.3, 0.4) is 0 Å². The van der Waals surface area contributed by atoms with E-state index in [1.54, 1.807) is 24.4 Å². The molecule has 1 aromatic heterocycles. The smallest absolute Gasteiger partial charge is 0.248 e. The molecule has 128 valence electrons. The van der Waals surface area contributed by atoms with E-state index in [4.69, 9.17) is 11.0 Å². The van der Waals surface area contributed by atoms with E-state index in [1.165, 1.54) is 0 Å². The van der Waals surface area contributed by atoms with Crippen molar-refractivity contribution < 1.29 is 4.79 Å². The maximum absolute atomic E-state index is 11.3. The zero-order chi connectivity index (χ0) is 17.6. The number of rotatable bonds is 6. The Morgan fingerprint density at radius 1 is 1.40 bits per heavy atom. The third kappa shape index (κ3) is 4.34. The molecule has 0 unspecified atom stereocenters. The molecule has 1 atom stereocenters. The van der Waals surface area contributed by atoms with Crippen LogP contribution >= 0.6 is 0 Å². The summed E-state index contributed by atoms with van der Waals surface area (Å²) < 4.78 is 0. The predicted molar refractivity (Wildman–Crippen MR) is 95.8 cm³/mol. The lowest BCUT2D eigenvalue weighted by Gasteiger charge is -2.17. The number of nitrogens with zero attached hydrogens (tertiary/aromatic N) is 3. The van der Waals surface area contributed by atoms with Gasteiger partial charge in [-0.3, -0.25) is 9.69 Å². The van der Waals surface area contributed by atoms with Crippen molar-refractivity contribution in [3.63, 3.8) is 0 Å². The van der Waals surface area contributed by atoms with Gasteiger partial charge in [0.1, 0.15) is 11.9 Å². The SMILES string of the molecule is N#Cc1cccnc1NC[C@@H]1CCN(Cc2cccc(C(N)=O)c2)C1. The van der Waals surface area contributed by atoms with Crippen LogP contribution in [0.5, 0.6) is 0 Å². The fourth-order valence-electron chi connectivity index (χ4n) is 3.18. The Labute approximate surface area is 147 Å². The first-order valence-electron chi connectivity index (χ1n) is 8.36. The maximum Gasteiger partial charge on any atom is 0.248 e. The quantitative estimate of drug-likeness (QED) is 0.842. The molecule has 0 spiro atoms. The number of nitrogens with two attached hydrogens (primary N) is 1. The summed E-state index contributed by atoms with van der Waals surface area (Å²) in [6, 6.07) is 13.2. The molecule has 6 heteroatoms. The van der Waals surface area contributed by atoms with Gasteiger partial charge in [0.2, 0.25) is 5.91 Å². The maximum atomic E-state index is 11.3. The van der Waals surface area contributed by atoms with E-state index in [9.17, 15) is 4.79 Å². The number of amides is 1. The lowest BCUT2D eigenvalue weighted by Crippen LogP contribution is -2.23. The Morgan fingerprint density at radius 3 is 3.08 bits per heavy atom. The van der Waals surface area contributed by atoms with Crippen LogP contribution in [0.4, 0.5) is 5.82 Å². The van der Waals surface area contributed by atoms with Gasteiger partial charge in [0, 0.05) is 31.4 Å². The summed E-state index contributed by atoms with van der Waals surface area (Å²) >= 11 is 0. The highest BCUT2D eigenvalue weighted by atomic mass is 16.1. The molecular weight excluding hydrogens is 314 g/mol. The summed E-state index contributed by atoms with van der Waals surface area (Å²) in [5.74, 6) is 0.763. The van der Waals surface area contributed by atoms with Crippen LogP contribution in [0.15, 0.2) is 42.6 Å². The highest BCUT2D eigenvalue weighted by Gasteiger charge is 2.22. The predicted octanol–water partition coefficient (Wildman–Crippen LogP) is 1.99. The van der Waals surface area contributed by atoms with E-state index in [0.29, 0.717) is 22.9 Å². The largest absolute Gasteiger partial charge is 0.369 e. The van der Waals surface area contributed by atoms with Crippen molar-refractivity contribution in [1.82, 2.24) is 9.88 Å². The van der Waals surface area contributed by atoms with E-state index in [-0.39, 0.29) is 0 Å². The molecule has 1 aromatic carbocycles. The molecule has 3 rings (SSSR count). The van der Waals surface area contributed by atoms with E-state index >= 15 is 0 Å². The molecule has 0 aliphatic carbocycles. The Bertz CT molecular complexity index is 798. The fraction of sp³-hybridized carbons (Fsp3) is 0.316. The minimum Gasteiger partial charge on any atom is -0.369 e. The number of benzene rings is 1. The standard InChI is InChI=1S/C19H21N5O/c20-10-17-5-2-7-22-19(17)23-11-15-6-8-24(13-15)12-14-3-1-4-16(9-14)18(21)25/h1-5,7,9,15H,6,8,11-13H2,(H2,21,25)(H,22,23)/t15-/m0/s1. The average Bonchev–Trinajstić information content (AvgIpc) is 3.07. The van der Waals surface area contributed by atoms with Gasteiger partial charge in [-0.15, -0.1) is 0 Å². The van der Waals surface area contributed by atoms with Crippen molar-refractivity contribution in [3.8, 4) is 6.07 Å². The van der Waals surface area contributed by atoms with E-state index < -0.39 is 5.91 Å². The normalized spacial score (nSPS) is 17.2. The molecule has 1 fully saturated rings. The van der Waals surface area contributed by atoms with Gasteiger partial charge in [-0.05, 0) is 48.7 Å². The Kier molecular flexibility index (Phi) is 5.26. The number of hydrogen-bond donors (Lipinski definition) is 2. The van der Waals surface area contributed by atoms with E-state index in [2.05, 4.69) is 21.3 Å². The number of pyridine rings is 1. The Hall–Kier alpha value is -2.91. The van der Waals surface area contributed by atoms with Crippen LogP contribution in [0.25, 0.3) is 0 Å². The molecule has 1 aliphatic rings. The van der Waals surface area contributed by atoms with Gasteiger partial charge >= 0.3 is 0 Å². The molecule has 3 N–H and O–H groups in total. The molecule has 0 bridgehead atoms. The lowest BCUT2D eigenvalue weighted by molar-refractivity contribution is 0.1000. The monoisotopic (exact) mass is 335 g/mol. The summed E-state index contributed by atoms with van der Waals surface area (Å²) in [6.07, 6.45) is 2.78. The van der Waals surface area contributed by atoms with Gasteiger partial charge in [0.15, 0.2) is 0 Å². The van der Waals surface area contributed by atoms with Crippen molar-refractivity contribution in [1.29, 1.82) is 5.26 Å². The molecule has 2 aromatic rings. The summed E-state index contributed by atoms with van der Waals surface area (Å²) in [5, 5.41) is 12.4. The first kappa shape index (κ1) is 16.9. The van der Waals surface area contributed by atoms with Crippen LogP contribution in [-0.4, -0.2) is 35.4 Å². The van der Waals surface area contributed by atoms with Gasteiger partial charge in [0.05, 0.1) is 5.56 Å². The second-order valence-electron chi connectivity index (χ2n) is 6.35. The summed E-state index contributed by atoms with van der Waals surface area (Å²) in [7, 11) is 0. The highest BCUT2D eigenvalue weighted by Crippen LogP contribution is 2.20. The number of aromatic nitrogens is 1. The molecule has 0 saturated carbocycles. The van der Waals surface area contributed by atoms with Gasteiger partial charge < -0.3 is 11.1 Å². The number of primary amides is 1. The third-order valence-corrected chi connectivity index (χ3v) is 4.47. The van der Waals surface area contributed by atoms with E-state index in [0.717, 1.165) is 38.2 Å². The molecule has 1 saturated heterocycles. The number of anilines is 1. The second kappa shape index (κ2) is 7.77. The first-order valence-corrected chi connectivity index (χ1v) is 8.36. The summed E-state index contributed by atoms with van der Waals surface area (Å²) in [6.45, 7) is 3.59. The second-order valence-corrected chi connectivity index (χ2v) is 6.35. The molecule has 1 aliphatic heterocycles. The zero-order valence-electron chi connectivity index (χ0n) is 14.0. The van der Waals surface area contributed by atoms with Crippen LogP contribution < -0.4 is 11.1 Å². The van der Waals surface area contributed by atoms with Crippen molar-refractivity contribution in [2.75, 3.05) is 25.0 Å². The number of hydrogen-bond acceptors (Lipinski definition) is 5. The van der Waals surface area contributed by atoms with Gasteiger partial charge in [0.25, 0.3) is 0 Å². The molecule has 1 amide bonds. The van der Waals surface area contributed by atoms with Crippen LogP contribution in [0.2, 0.25) is 0 Å². The van der Waals surface area contributed by atoms with Crippen LogP contribution in [-0.2, 0) is 6.54 Å². The molecular formula is C19H21N5O. The van der Waals surface area contributed by atoms with Crippen molar-refractivity contribution in [2.45, 2.75) is 13.0 Å². The number of nitriles is 1. The van der Waals surface area contributed by atoms with Gasteiger partial charge in [-0.2, -0.15) is 5.26 Å². The third-order valence-electron chi connectivity index (χ3n) is 4.47. The fourth-order valence-corrected chi connectivity index (χ4v) is 3.18. The topological polar surface area (TPSA) is 95.0 Å².